The molecule has 9 nitrogen and oxygen atoms in total. The van der Waals surface area contributed by atoms with Gasteiger partial charge in [-0.25, -0.2) is 9.67 Å². The number of allylic oxidation sites excluding steroid dienone is 1. The predicted octanol–water partition coefficient (Wildman–Crippen LogP) is 3.99. The molecule has 2 aliphatic heterocycles. The lowest BCUT2D eigenvalue weighted by Crippen LogP contribution is -2.53. The quantitative estimate of drug-likeness (QED) is 0.511. The number of rotatable bonds is 8. The Kier molecular flexibility index (Phi) is 7.63. The van der Waals surface area contributed by atoms with Crippen LogP contribution in [0.3, 0.4) is 0 Å². The fourth-order valence-electron chi connectivity index (χ4n) is 5.57. The average molecular weight is 521 g/mol. The molecule has 0 bridgehead atoms. The molecule has 0 aliphatic carbocycles. The summed E-state index contributed by atoms with van der Waals surface area (Å²) in [6.07, 6.45) is 7.46. The molecule has 2 aliphatic rings. The van der Waals surface area contributed by atoms with E-state index in [1.807, 2.05) is 23.7 Å². The van der Waals surface area contributed by atoms with Crippen molar-refractivity contribution in [3.8, 4) is 0 Å². The van der Waals surface area contributed by atoms with Crippen molar-refractivity contribution < 1.29 is 14.3 Å². The molecule has 9 heteroatoms. The number of carbonyl (C=O) groups excluding carboxylic acids is 2. The number of hydrogen-bond acceptors (Lipinski definition) is 6. The first-order valence-corrected chi connectivity index (χ1v) is 13.1. The maximum atomic E-state index is 13.7. The van der Waals surface area contributed by atoms with Crippen molar-refractivity contribution in [1.82, 2.24) is 30.3 Å². The molecule has 0 aromatic carbocycles. The number of nitrogens with zero attached hydrogens (tertiary/aromatic N) is 4. The van der Waals surface area contributed by atoms with Gasteiger partial charge in [0.1, 0.15) is 0 Å². The molecule has 0 atom stereocenters. The van der Waals surface area contributed by atoms with Gasteiger partial charge in [0.15, 0.2) is 5.65 Å². The van der Waals surface area contributed by atoms with Crippen molar-refractivity contribution in [2.24, 2.45) is 0 Å². The van der Waals surface area contributed by atoms with Gasteiger partial charge in [-0.15, -0.1) is 0 Å². The van der Waals surface area contributed by atoms with Crippen LogP contribution in [0.25, 0.3) is 16.6 Å². The van der Waals surface area contributed by atoms with E-state index in [1.54, 1.807) is 18.2 Å². The summed E-state index contributed by atoms with van der Waals surface area (Å²) in [5.74, 6) is -0.205. The van der Waals surface area contributed by atoms with E-state index >= 15 is 0 Å². The third-order valence-corrected chi connectivity index (χ3v) is 7.00. The normalized spacial score (nSPS) is 19.0. The molecule has 38 heavy (non-hydrogen) atoms. The molecular formula is C29H40N6O3. The second-order valence-electron chi connectivity index (χ2n) is 11.8. The van der Waals surface area contributed by atoms with Crippen LogP contribution in [-0.2, 0) is 9.53 Å². The Balaban J connectivity index is 1.73. The largest absolute Gasteiger partial charge is 0.380 e. The lowest BCUT2D eigenvalue weighted by atomic mass is 9.82. The van der Waals surface area contributed by atoms with Gasteiger partial charge in [-0.2, -0.15) is 5.10 Å². The minimum atomic E-state index is -0.213. The Labute approximate surface area is 225 Å². The molecule has 0 spiro atoms. The summed E-state index contributed by atoms with van der Waals surface area (Å²) in [4.78, 5) is 31.9. The summed E-state index contributed by atoms with van der Waals surface area (Å²) in [5, 5.41) is 12.0. The molecule has 0 fully saturated rings. The zero-order valence-electron chi connectivity index (χ0n) is 23.8. The van der Waals surface area contributed by atoms with Crippen LogP contribution < -0.4 is 10.6 Å². The van der Waals surface area contributed by atoms with Gasteiger partial charge >= 0.3 is 0 Å². The number of nitrogens with one attached hydrogen (secondary N) is 2. The summed E-state index contributed by atoms with van der Waals surface area (Å²) >= 11 is 0. The van der Waals surface area contributed by atoms with Gasteiger partial charge in [0, 0.05) is 43.0 Å². The lowest BCUT2D eigenvalue weighted by Gasteiger charge is -2.41. The Morgan fingerprint density at radius 1 is 1.29 bits per heavy atom. The minimum Gasteiger partial charge on any atom is -0.380 e. The third kappa shape index (κ3) is 5.73. The fourth-order valence-corrected chi connectivity index (χ4v) is 5.57. The zero-order valence-corrected chi connectivity index (χ0v) is 23.8. The van der Waals surface area contributed by atoms with E-state index in [9.17, 15) is 9.59 Å². The van der Waals surface area contributed by atoms with E-state index in [4.69, 9.17) is 9.72 Å². The van der Waals surface area contributed by atoms with E-state index in [2.05, 4.69) is 63.4 Å². The van der Waals surface area contributed by atoms with Crippen LogP contribution in [0.1, 0.15) is 77.0 Å². The second-order valence-corrected chi connectivity index (χ2v) is 11.8. The summed E-state index contributed by atoms with van der Waals surface area (Å²) in [7, 11) is 1.64. The first-order chi connectivity index (χ1) is 17.8. The first-order valence-electron chi connectivity index (χ1n) is 13.1. The predicted molar refractivity (Wildman–Crippen MR) is 150 cm³/mol. The van der Waals surface area contributed by atoms with Gasteiger partial charge in [-0.05, 0) is 83.7 Å². The van der Waals surface area contributed by atoms with Crippen LogP contribution in [0.5, 0.6) is 0 Å². The molecule has 204 valence electrons. The van der Waals surface area contributed by atoms with Gasteiger partial charge in [0.05, 0.1) is 29.4 Å². The van der Waals surface area contributed by atoms with Crippen LogP contribution in [0.2, 0.25) is 0 Å². The summed E-state index contributed by atoms with van der Waals surface area (Å²) < 4.78 is 7.23. The number of carbonyl (C=O) groups is 2. The Hall–Kier alpha value is -3.30. The molecule has 0 saturated carbocycles. The molecule has 4 rings (SSSR count). The first kappa shape index (κ1) is 27.7. The number of fused-ring (bicyclic) bond motifs is 1. The van der Waals surface area contributed by atoms with Crippen molar-refractivity contribution in [3.05, 3.63) is 52.5 Å². The lowest BCUT2D eigenvalue weighted by molar-refractivity contribution is -0.116. The Bertz CT molecular complexity index is 1350. The second kappa shape index (κ2) is 10.5. The highest BCUT2D eigenvalue weighted by Gasteiger charge is 2.33. The van der Waals surface area contributed by atoms with Crippen LogP contribution >= 0.6 is 0 Å². The van der Waals surface area contributed by atoms with E-state index in [0.717, 1.165) is 40.9 Å². The molecule has 2 N–H and O–H groups in total. The molecule has 2 aromatic heterocycles. The molecule has 4 heterocycles. The number of methoxy groups -OCH3 is 1. The van der Waals surface area contributed by atoms with Gasteiger partial charge in [0.25, 0.3) is 5.91 Å². The highest BCUT2D eigenvalue weighted by molar-refractivity contribution is 6.06. The molecule has 0 radical (unpaired) electrons. The fraction of sp³-hybridized carbons (Fsp3) is 0.517. The van der Waals surface area contributed by atoms with Crippen LogP contribution in [0.15, 0.2) is 41.3 Å². The van der Waals surface area contributed by atoms with Gasteiger partial charge in [-0.3, -0.25) is 9.59 Å². The Morgan fingerprint density at radius 2 is 2.03 bits per heavy atom. The number of amides is 2. The van der Waals surface area contributed by atoms with Gasteiger partial charge in [-0.1, -0.05) is 6.08 Å². The van der Waals surface area contributed by atoms with Crippen LogP contribution in [0.4, 0.5) is 0 Å². The Morgan fingerprint density at radius 3 is 2.66 bits per heavy atom. The van der Waals surface area contributed by atoms with E-state index < -0.39 is 0 Å². The van der Waals surface area contributed by atoms with Crippen molar-refractivity contribution in [1.29, 1.82) is 0 Å². The highest BCUT2D eigenvalue weighted by Crippen LogP contribution is 2.34. The summed E-state index contributed by atoms with van der Waals surface area (Å²) in [6, 6.07) is 1.98. The standard InChI is InChI=1S/C29H40N6O3/c1-18(2)35-26-24(14-31-35)23(10-25(32-26)21-11-28(4,5)33-29(6,7)12-21)27(37)30-13-22-15-34(17-36)19(3)9-20(22)16-38-8/h9-11,14,17-18,33H,12-13,15-16H2,1-8H3,(H,30,37). The van der Waals surface area contributed by atoms with Gasteiger partial charge < -0.3 is 20.3 Å². The van der Waals surface area contributed by atoms with E-state index in [1.165, 1.54) is 0 Å². The highest BCUT2D eigenvalue weighted by atomic mass is 16.5. The molecular weight excluding hydrogens is 480 g/mol. The van der Waals surface area contributed by atoms with Crippen molar-refractivity contribution >= 4 is 28.9 Å². The number of aromatic nitrogens is 3. The maximum absolute atomic E-state index is 13.7. The van der Waals surface area contributed by atoms with Crippen LogP contribution in [-0.4, -0.2) is 69.9 Å². The molecule has 0 saturated heterocycles. The molecule has 2 aromatic rings. The van der Waals surface area contributed by atoms with Gasteiger partial charge in [0.2, 0.25) is 6.41 Å². The molecule has 2 amide bonds. The monoisotopic (exact) mass is 520 g/mol. The summed E-state index contributed by atoms with van der Waals surface area (Å²) in [5.41, 5.74) is 5.55. The topological polar surface area (TPSA) is 101 Å². The maximum Gasteiger partial charge on any atom is 0.252 e. The SMILES string of the molecule is COCC1=C(CNC(=O)c2cc(C3=CC(C)(C)NC(C)(C)C3)nc3c2cnn3C(C)C)CN(C=O)C(C)=C1. The van der Waals surface area contributed by atoms with E-state index in [-0.39, 0.29) is 23.0 Å². The average Bonchev–Trinajstić information content (AvgIpc) is 3.25. The van der Waals surface area contributed by atoms with E-state index in [0.29, 0.717) is 36.3 Å². The van der Waals surface area contributed by atoms with Crippen LogP contribution in [0, 0.1) is 0 Å². The number of hydrogen-bond donors (Lipinski definition) is 2. The zero-order chi connectivity index (χ0) is 27.8. The van der Waals surface area contributed by atoms with Crippen molar-refractivity contribution in [2.45, 2.75) is 72.0 Å². The molecule has 0 unspecified atom stereocenters. The minimum absolute atomic E-state index is 0.0920. The van der Waals surface area contributed by atoms with Crippen molar-refractivity contribution in [2.75, 3.05) is 26.8 Å². The number of ether oxygens (including phenoxy) is 1. The third-order valence-electron chi connectivity index (χ3n) is 7.00. The summed E-state index contributed by atoms with van der Waals surface area (Å²) in [6.45, 7) is 15.8. The smallest absolute Gasteiger partial charge is 0.252 e. The van der Waals surface area contributed by atoms with Crippen molar-refractivity contribution in [3.63, 3.8) is 0 Å². The number of pyridine rings is 1.